The highest BCUT2D eigenvalue weighted by Gasteiger charge is 2.05. The highest BCUT2D eigenvalue weighted by Crippen LogP contribution is 2.22. The predicted octanol–water partition coefficient (Wildman–Crippen LogP) is 3.35. The van der Waals surface area contributed by atoms with Gasteiger partial charge < -0.3 is 4.74 Å². The summed E-state index contributed by atoms with van der Waals surface area (Å²) in [4.78, 5) is 11.4. The number of nitrogens with zero attached hydrogens (tertiary/aromatic N) is 1. The maximum absolute atomic E-state index is 11.4. The van der Waals surface area contributed by atoms with Gasteiger partial charge in [-0.1, -0.05) is 25.5 Å². The SMILES string of the molecule is CCCCOc1cccc(-c2cc(CCl)c(=O)[nH]n2)c1. The van der Waals surface area contributed by atoms with Crippen LogP contribution in [0.1, 0.15) is 25.3 Å². The molecule has 0 aliphatic carbocycles. The highest BCUT2D eigenvalue weighted by molar-refractivity contribution is 6.17. The van der Waals surface area contributed by atoms with E-state index in [1.54, 1.807) is 6.07 Å². The van der Waals surface area contributed by atoms with Gasteiger partial charge in [-0.3, -0.25) is 4.79 Å². The second kappa shape index (κ2) is 7.10. The van der Waals surface area contributed by atoms with Crippen molar-refractivity contribution in [3.05, 3.63) is 46.2 Å². The second-order valence-electron chi connectivity index (χ2n) is 4.47. The van der Waals surface area contributed by atoms with Gasteiger partial charge in [0.15, 0.2) is 0 Å². The van der Waals surface area contributed by atoms with E-state index in [0.29, 0.717) is 17.9 Å². The van der Waals surface area contributed by atoms with Gasteiger partial charge in [0.25, 0.3) is 5.56 Å². The van der Waals surface area contributed by atoms with Crippen LogP contribution >= 0.6 is 11.6 Å². The first-order valence-electron chi connectivity index (χ1n) is 6.62. The Hall–Kier alpha value is -1.81. The van der Waals surface area contributed by atoms with Crippen molar-refractivity contribution < 1.29 is 4.74 Å². The summed E-state index contributed by atoms with van der Waals surface area (Å²) in [5, 5.41) is 6.50. The number of alkyl halides is 1. The highest BCUT2D eigenvalue weighted by atomic mass is 35.5. The Kier molecular flexibility index (Phi) is 5.18. The van der Waals surface area contributed by atoms with Crippen molar-refractivity contribution in [2.45, 2.75) is 25.6 Å². The molecular formula is C15H17ClN2O2. The molecule has 0 radical (unpaired) electrons. The first kappa shape index (κ1) is 14.6. The maximum Gasteiger partial charge on any atom is 0.268 e. The predicted molar refractivity (Wildman–Crippen MR) is 80.3 cm³/mol. The first-order chi connectivity index (χ1) is 9.74. The Morgan fingerprint density at radius 2 is 2.20 bits per heavy atom. The molecule has 106 valence electrons. The summed E-state index contributed by atoms with van der Waals surface area (Å²) >= 11 is 5.73. The van der Waals surface area contributed by atoms with Crippen LogP contribution < -0.4 is 10.3 Å². The zero-order valence-corrected chi connectivity index (χ0v) is 12.1. The van der Waals surface area contributed by atoms with Crippen LogP contribution in [0.2, 0.25) is 0 Å². The third-order valence-electron chi connectivity index (χ3n) is 2.92. The molecule has 0 spiro atoms. The summed E-state index contributed by atoms with van der Waals surface area (Å²) < 4.78 is 5.66. The molecular weight excluding hydrogens is 276 g/mol. The van der Waals surface area contributed by atoms with Gasteiger partial charge in [0, 0.05) is 11.1 Å². The molecule has 1 aromatic carbocycles. The lowest BCUT2D eigenvalue weighted by Gasteiger charge is -2.07. The van der Waals surface area contributed by atoms with E-state index in [9.17, 15) is 4.79 Å². The molecule has 1 heterocycles. The first-order valence-corrected chi connectivity index (χ1v) is 7.16. The van der Waals surface area contributed by atoms with Crippen LogP contribution in [0, 0.1) is 0 Å². The van der Waals surface area contributed by atoms with Gasteiger partial charge in [-0.15, -0.1) is 11.6 Å². The van der Waals surface area contributed by atoms with Crippen molar-refractivity contribution in [1.29, 1.82) is 0 Å². The Balaban J connectivity index is 2.24. The number of hydrogen-bond donors (Lipinski definition) is 1. The molecule has 0 saturated carbocycles. The minimum Gasteiger partial charge on any atom is -0.494 e. The minimum absolute atomic E-state index is 0.164. The van der Waals surface area contributed by atoms with Gasteiger partial charge in [0.05, 0.1) is 18.2 Å². The lowest BCUT2D eigenvalue weighted by atomic mass is 10.1. The number of unbranched alkanes of at least 4 members (excludes halogenated alkanes) is 1. The molecule has 0 unspecified atom stereocenters. The molecule has 0 atom stereocenters. The van der Waals surface area contributed by atoms with Crippen LogP contribution in [0.3, 0.4) is 0 Å². The normalized spacial score (nSPS) is 10.5. The summed E-state index contributed by atoms with van der Waals surface area (Å²) in [5.41, 5.74) is 1.83. The average molecular weight is 293 g/mol. The van der Waals surface area contributed by atoms with Gasteiger partial charge >= 0.3 is 0 Å². The second-order valence-corrected chi connectivity index (χ2v) is 4.74. The topological polar surface area (TPSA) is 55.0 Å². The van der Waals surface area contributed by atoms with E-state index in [0.717, 1.165) is 24.2 Å². The van der Waals surface area contributed by atoms with Crippen molar-refractivity contribution in [2.24, 2.45) is 0 Å². The molecule has 0 aliphatic rings. The molecule has 0 amide bonds. The van der Waals surface area contributed by atoms with E-state index in [2.05, 4.69) is 17.1 Å². The molecule has 0 saturated heterocycles. The van der Waals surface area contributed by atoms with Crippen molar-refractivity contribution in [3.8, 4) is 17.0 Å². The summed E-state index contributed by atoms with van der Waals surface area (Å²) in [6, 6.07) is 9.35. The Morgan fingerprint density at radius 3 is 2.95 bits per heavy atom. The van der Waals surface area contributed by atoms with Crippen molar-refractivity contribution in [1.82, 2.24) is 10.2 Å². The maximum atomic E-state index is 11.4. The van der Waals surface area contributed by atoms with Crippen LogP contribution in [0.15, 0.2) is 35.1 Å². The van der Waals surface area contributed by atoms with Gasteiger partial charge in [-0.05, 0) is 24.6 Å². The molecule has 2 aromatic rings. The lowest BCUT2D eigenvalue weighted by Crippen LogP contribution is -2.13. The molecule has 1 aromatic heterocycles. The fourth-order valence-electron chi connectivity index (χ4n) is 1.77. The zero-order valence-electron chi connectivity index (χ0n) is 11.4. The monoisotopic (exact) mass is 292 g/mol. The summed E-state index contributed by atoms with van der Waals surface area (Å²) in [6.07, 6.45) is 2.12. The fraction of sp³-hybridized carbons (Fsp3) is 0.333. The summed E-state index contributed by atoms with van der Waals surface area (Å²) in [6.45, 7) is 2.82. The number of halogens is 1. The van der Waals surface area contributed by atoms with E-state index in [4.69, 9.17) is 16.3 Å². The van der Waals surface area contributed by atoms with Crippen LogP contribution in [0.4, 0.5) is 0 Å². The fourth-order valence-corrected chi connectivity index (χ4v) is 1.97. The van der Waals surface area contributed by atoms with Crippen LogP contribution in [-0.4, -0.2) is 16.8 Å². The minimum atomic E-state index is -0.251. The molecule has 1 N–H and O–H groups in total. The molecule has 5 heteroatoms. The van der Waals surface area contributed by atoms with Crippen molar-refractivity contribution in [2.75, 3.05) is 6.61 Å². The van der Waals surface area contributed by atoms with Crippen LogP contribution in [-0.2, 0) is 5.88 Å². The Labute approximate surface area is 122 Å². The van der Waals surface area contributed by atoms with Gasteiger partial charge in [-0.25, -0.2) is 5.10 Å². The number of aromatic amines is 1. The quantitative estimate of drug-likeness (QED) is 0.656. The van der Waals surface area contributed by atoms with Crippen molar-refractivity contribution in [3.63, 3.8) is 0 Å². The Bertz CT molecular complexity index is 625. The van der Waals surface area contributed by atoms with E-state index >= 15 is 0 Å². The zero-order chi connectivity index (χ0) is 14.4. The standard InChI is InChI=1S/C15H17ClN2O2/c1-2-3-7-20-13-6-4-5-11(8-13)14-9-12(10-16)15(19)18-17-14/h4-6,8-9H,2-3,7,10H2,1H3,(H,18,19). The van der Waals surface area contributed by atoms with Crippen LogP contribution in [0.5, 0.6) is 5.75 Å². The number of ether oxygens (including phenoxy) is 1. The average Bonchev–Trinajstić information content (AvgIpc) is 2.48. The number of hydrogen-bond acceptors (Lipinski definition) is 3. The molecule has 2 rings (SSSR count). The van der Waals surface area contributed by atoms with Gasteiger partial charge in [-0.2, -0.15) is 5.10 Å². The number of rotatable bonds is 6. The van der Waals surface area contributed by atoms with Gasteiger partial charge in [0.2, 0.25) is 0 Å². The Morgan fingerprint density at radius 1 is 1.35 bits per heavy atom. The third kappa shape index (κ3) is 3.61. The lowest BCUT2D eigenvalue weighted by molar-refractivity contribution is 0.309. The van der Waals surface area contributed by atoms with Crippen LogP contribution in [0.25, 0.3) is 11.3 Å². The number of nitrogens with one attached hydrogen (secondary N) is 1. The number of benzene rings is 1. The number of aromatic nitrogens is 2. The number of H-pyrrole nitrogens is 1. The summed E-state index contributed by atoms with van der Waals surface area (Å²) in [5.74, 6) is 0.966. The molecule has 20 heavy (non-hydrogen) atoms. The van der Waals surface area contributed by atoms with E-state index in [1.807, 2.05) is 24.3 Å². The summed E-state index contributed by atoms with van der Waals surface area (Å²) in [7, 11) is 0. The largest absolute Gasteiger partial charge is 0.494 e. The van der Waals surface area contributed by atoms with E-state index in [1.165, 1.54) is 0 Å². The van der Waals surface area contributed by atoms with E-state index < -0.39 is 0 Å². The molecule has 0 bridgehead atoms. The molecule has 4 nitrogen and oxygen atoms in total. The van der Waals surface area contributed by atoms with Crippen molar-refractivity contribution >= 4 is 11.6 Å². The van der Waals surface area contributed by atoms with E-state index in [-0.39, 0.29) is 11.4 Å². The molecule has 0 aliphatic heterocycles. The smallest absolute Gasteiger partial charge is 0.268 e. The van der Waals surface area contributed by atoms with Gasteiger partial charge in [0.1, 0.15) is 5.75 Å². The molecule has 0 fully saturated rings. The third-order valence-corrected chi connectivity index (χ3v) is 3.21.